The number of ether oxygens (including phenoxy) is 1. The lowest BCUT2D eigenvalue weighted by atomic mass is 9.44. The van der Waals surface area contributed by atoms with Crippen molar-refractivity contribution in [2.75, 3.05) is 13.2 Å². The number of carbonyl (C=O) groups is 4. The minimum Gasteiger partial charge on any atom is -0.461 e. The van der Waals surface area contributed by atoms with Gasteiger partial charge in [-0.2, -0.15) is 5.10 Å². The van der Waals surface area contributed by atoms with Gasteiger partial charge in [0.15, 0.2) is 29.4 Å². The lowest BCUT2D eigenvalue weighted by molar-refractivity contribution is -0.180. The van der Waals surface area contributed by atoms with Crippen LogP contribution < -0.4 is 0 Å². The molecular weight excluding hydrogens is 602 g/mol. The molecule has 0 radical (unpaired) electrons. The van der Waals surface area contributed by atoms with Gasteiger partial charge >= 0.3 is 5.97 Å². The summed E-state index contributed by atoms with van der Waals surface area (Å²) >= 11 is 0. The quantitative estimate of drug-likeness (QED) is 0.313. The number of ketones is 2. The van der Waals surface area contributed by atoms with E-state index in [-0.39, 0.29) is 59.3 Å². The Morgan fingerprint density at radius 2 is 1.83 bits per heavy atom. The van der Waals surface area contributed by atoms with Crippen LogP contribution in [0.4, 0.5) is 8.78 Å². The van der Waals surface area contributed by atoms with Crippen LogP contribution in [0.2, 0.25) is 0 Å². The third-order valence-electron chi connectivity index (χ3n) is 11.6. The predicted octanol–water partition coefficient (Wildman–Crippen LogP) is 4.00. The predicted molar refractivity (Wildman–Crippen MR) is 160 cm³/mol. The number of aliphatic hydroxyl groups excluding tert-OH is 2. The summed E-state index contributed by atoms with van der Waals surface area (Å²) in [5, 5.41) is 34.3. The molecule has 6 rings (SSSR count). The molecule has 3 N–H and O–H groups in total. The summed E-state index contributed by atoms with van der Waals surface area (Å²) in [6, 6.07) is 3.29. The first kappa shape index (κ1) is 34.0. The van der Waals surface area contributed by atoms with E-state index in [0.29, 0.717) is 18.6 Å². The average molecular weight is 645 g/mol. The van der Waals surface area contributed by atoms with Crippen LogP contribution in [-0.2, 0) is 14.3 Å². The van der Waals surface area contributed by atoms with Gasteiger partial charge in [0.05, 0.1) is 18.3 Å². The van der Waals surface area contributed by atoms with Gasteiger partial charge in [-0.1, -0.05) is 19.9 Å². The van der Waals surface area contributed by atoms with Crippen LogP contribution >= 0.6 is 0 Å². The number of para-hydroxylation sites is 1. The molecule has 0 saturated heterocycles. The topological polar surface area (TPSA) is 156 Å². The van der Waals surface area contributed by atoms with Crippen LogP contribution in [0.1, 0.15) is 93.0 Å². The number of aldehydes is 1. The molecule has 1 heterocycles. The zero-order chi connectivity index (χ0) is 33.6. The fourth-order valence-corrected chi connectivity index (χ4v) is 9.30. The zero-order valence-corrected chi connectivity index (χ0v) is 26.4. The molecule has 0 bridgehead atoms. The number of halogens is 2. The van der Waals surface area contributed by atoms with Gasteiger partial charge in [0.2, 0.25) is 0 Å². The standard InChI is InChI=1S/C21H32O5.C13H10F2N2O3/c1-19-7-5-13(23)9-12(19)3-4-14-15-6-8-21(26,17(25)11-22)20(15,2)10-16(24)18(14)19;1-2-20-13(19)11-8(7-18)6-17(16-11)12-9(14)4-3-5-10(12)15/h12-15,18,22-23,26H,3-11H2,1-2H3;3-7H,2H2,1H3/t12-,13-,14+,15+,18-,19+,20+,21+;/m1./s1. The molecule has 8 atom stereocenters. The number of benzene rings is 1. The molecule has 0 aliphatic heterocycles. The molecule has 1 aromatic heterocycles. The minimum absolute atomic E-state index is 0.0154. The fraction of sp³-hybridized carbons (Fsp3) is 0.618. The highest BCUT2D eigenvalue weighted by Gasteiger charge is 2.68. The van der Waals surface area contributed by atoms with Gasteiger partial charge in [-0.15, -0.1) is 0 Å². The number of nitrogens with zero attached hydrogens (tertiary/aromatic N) is 2. The Morgan fingerprint density at radius 3 is 2.46 bits per heavy atom. The molecule has 250 valence electrons. The summed E-state index contributed by atoms with van der Waals surface area (Å²) in [5.41, 5.74) is -3.26. The first-order valence-corrected chi connectivity index (χ1v) is 16.0. The first-order valence-electron chi connectivity index (χ1n) is 16.0. The van der Waals surface area contributed by atoms with Gasteiger partial charge in [-0.05, 0) is 87.2 Å². The normalized spacial score (nSPS) is 34.8. The third-order valence-corrected chi connectivity index (χ3v) is 11.6. The number of fused-ring (bicyclic) bond motifs is 5. The molecule has 4 aliphatic carbocycles. The highest BCUT2D eigenvalue weighted by molar-refractivity contribution is 5.96. The van der Waals surface area contributed by atoms with E-state index in [4.69, 9.17) is 4.74 Å². The van der Waals surface area contributed by atoms with Crippen molar-refractivity contribution in [1.82, 2.24) is 9.78 Å². The first-order chi connectivity index (χ1) is 21.7. The highest BCUT2D eigenvalue weighted by Crippen LogP contribution is 2.67. The number of hydrogen-bond acceptors (Lipinski definition) is 9. The van der Waals surface area contributed by atoms with Crippen LogP contribution in [0.15, 0.2) is 24.4 Å². The molecular formula is C34H42F2N2O8. The van der Waals surface area contributed by atoms with Gasteiger partial charge < -0.3 is 20.1 Å². The second-order valence-corrected chi connectivity index (χ2v) is 13.8. The van der Waals surface area contributed by atoms with E-state index in [9.17, 15) is 43.3 Å². The summed E-state index contributed by atoms with van der Waals surface area (Å²) in [6.07, 6.45) is 6.91. The average Bonchev–Trinajstić information content (AvgIpc) is 3.56. The summed E-state index contributed by atoms with van der Waals surface area (Å²) < 4.78 is 32.8. The van der Waals surface area contributed by atoms with Crippen molar-refractivity contribution in [2.24, 2.45) is 34.5 Å². The molecule has 4 aliphatic rings. The second-order valence-electron chi connectivity index (χ2n) is 13.8. The zero-order valence-electron chi connectivity index (χ0n) is 26.4. The van der Waals surface area contributed by atoms with Gasteiger partial charge in [0, 0.05) is 24.0 Å². The summed E-state index contributed by atoms with van der Waals surface area (Å²) in [4.78, 5) is 48.2. The molecule has 10 nitrogen and oxygen atoms in total. The molecule has 1 aromatic carbocycles. The van der Waals surface area contributed by atoms with E-state index in [1.807, 2.05) is 6.92 Å². The number of Topliss-reactive ketones (excluding diaryl/α,β-unsaturated/α-hetero) is 2. The number of esters is 1. The lowest BCUT2D eigenvalue weighted by Gasteiger charge is -2.60. The Labute approximate surface area is 266 Å². The summed E-state index contributed by atoms with van der Waals surface area (Å²) in [7, 11) is 0. The molecule has 0 amide bonds. The van der Waals surface area contributed by atoms with Crippen molar-refractivity contribution in [3.05, 3.63) is 47.3 Å². The summed E-state index contributed by atoms with van der Waals surface area (Å²) in [5.74, 6) is -2.17. The summed E-state index contributed by atoms with van der Waals surface area (Å²) in [6.45, 7) is 5.15. The van der Waals surface area contributed by atoms with E-state index in [0.717, 1.165) is 61.5 Å². The Bertz CT molecular complexity index is 1510. The Morgan fingerprint density at radius 1 is 1.13 bits per heavy atom. The third kappa shape index (κ3) is 5.41. The van der Waals surface area contributed by atoms with Crippen molar-refractivity contribution < 1.29 is 48.0 Å². The highest BCUT2D eigenvalue weighted by atomic mass is 19.1. The van der Waals surface area contributed by atoms with Crippen LogP contribution in [0.5, 0.6) is 0 Å². The van der Waals surface area contributed by atoms with Crippen LogP contribution in [0, 0.1) is 46.1 Å². The van der Waals surface area contributed by atoms with Crippen molar-refractivity contribution in [2.45, 2.75) is 83.8 Å². The molecule has 0 unspecified atom stereocenters. The monoisotopic (exact) mass is 644 g/mol. The van der Waals surface area contributed by atoms with E-state index in [1.165, 1.54) is 6.07 Å². The maximum Gasteiger partial charge on any atom is 0.359 e. The van der Waals surface area contributed by atoms with E-state index in [1.54, 1.807) is 6.92 Å². The van der Waals surface area contributed by atoms with Gasteiger partial charge in [-0.3, -0.25) is 14.4 Å². The molecule has 12 heteroatoms. The van der Waals surface area contributed by atoms with Gasteiger partial charge in [0.1, 0.15) is 23.7 Å². The van der Waals surface area contributed by atoms with E-state index < -0.39 is 46.7 Å². The van der Waals surface area contributed by atoms with Crippen molar-refractivity contribution >= 4 is 23.8 Å². The number of hydrogen-bond donors (Lipinski definition) is 3. The van der Waals surface area contributed by atoms with Crippen LogP contribution in [0.25, 0.3) is 5.69 Å². The fourth-order valence-electron chi connectivity index (χ4n) is 9.30. The van der Waals surface area contributed by atoms with E-state index in [2.05, 4.69) is 12.0 Å². The number of rotatable bonds is 6. The van der Waals surface area contributed by atoms with Gasteiger partial charge in [0.25, 0.3) is 0 Å². The number of aliphatic hydroxyl groups is 3. The lowest BCUT2D eigenvalue weighted by Crippen LogP contribution is -2.62. The maximum atomic E-state index is 13.6. The Kier molecular flexibility index (Phi) is 9.38. The SMILES string of the molecule is CCOC(=O)c1nn(-c2c(F)cccc2F)cc1C=O.C[C@]12CC[C@@H](O)C[C@H]1CC[C@@H]1[C@@H]2C(=O)C[C@@]2(C)[C@H]1CC[C@]2(O)C(=O)CO. The smallest absolute Gasteiger partial charge is 0.359 e. The molecule has 46 heavy (non-hydrogen) atoms. The molecule has 2 aromatic rings. The number of aromatic nitrogens is 2. The largest absolute Gasteiger partial charge is 0.461 e. The molecule has 4 fully saturated rings. The van der Waals surface area contributed by atoms with Crippen LogP contribution in [0.3, 0.4) is 0 Å². The van der Waals surface area contributed by atoms with E-state index >= 15 is 0 Å². The minimum atomic E-state index is -1.58. The number of carbonyl (C=O) groups excluding carboxylic acids is 4. The second kappa shape index (κ2) is 12.7. The van der Waals surface area contributed by atoms with Crippen molar-refractivity contribution in [3.63, 3.8) is 0 Å². The maximum absolute atomic E-state index is 13.6. The molecule has 0 spiro atoms. The van der Waals surface area contributed by atoms with Gasteiger partial charge in [-0.25, -0.2) is 18.3 Å². The van der Waals surface area contributed by atoms with Crippen molar-refractivity contribution in [3.8, 4) is 5.69 Å². The molecule has 4 saturated carbocycles. The van der Waals surface area contributed by atoms with Crippen molar-refractivity contribution in [1.29, 1.82) is 0 Å². The van der Waals surface area contributed by atoms with Crippen LogP contribution in [-0.4, -0.2) is 73.8 Å². The Balaban J connectivity index is 0.000000188. The Hall–Kier alpha value is -3.35.